The monoisotopic (exact) mass is 525 g/mol. The zero-order valence-corrected chi connectivity index (χ0v) is 20.6. The molecule has 0 bridgehead atoms. The highest BCUT2D eigenvalue weighted by Crippen LogP contribution is 2.28. The van der Waals surface area contributed by atoms with Crippen molar-refractivity contribution in [1.29, 1.82) is 0 Å². The smallest absolute Gasteiger partial charge is 0.406 e. The number of likely N-dealkylation sites (tertiary alicyclic amines) is 1. The van der Waals surface area contributed by atoms with E-state index in [1.807, 2.05) is 30.5 Å². The number of aromatic amines is 1. The van der Waals surface area contributed by atoms with Crippen LogP contribution in [0.25, 0.3) is 22.0 Å². The topological polar surface area (TPSA) is 48.6 Å². The lowest BCUT2D eigenvalue weighted by molar-refractivity contribution is -0.274. The Kier molecular flexibility index (Phi) is 7.37. The molecule has 1 saturated heterocycles. The number of benzene rings is 3. The van der Waals surface area contributed by atoms with Gasteiger partial charge in [-0.15, -0.1) is 13.2 Å². The highest BCUT2D eigenvalue weighted by molar-refractivity contribution is 5.94. The van der Waals surface area contributed by atoms with Gasteiger partial charge in [0.2, 0.25) is 0 Å². The number of amides is 1. The fraction of sp³-hybridized carbons (Fsp3) is 0.276. The summed E-state index contributed by atoms with van der Waals surface area (Å²) in [5.74, 6) is -1.07. The summed E-state index contributed by atoms with van der Waals surface area (Å²) in [5, 5.41) is 0.965. The van der Waals surface area contributed by atoms with Gasteiger partial charge in [-0.05, 0) is 97.0 Å². The van der Waals surface area contributed by atoms with E-state index >= 15 is 0 Å². The van der Waals surface area contributed by atoms with Crippen LogP contribution in [-0.2, 0) is 6.54 Å². The first-order chi connectivity index (χ1) is 18.2. The van der Waals surface area contributed by atoms with Crippen LogP contribution in [-0.4, -0.2) is 53.2 Å². The lowest BCUT2D eigenvalue weighted by Crippen LogP contribution is -2.37. The van der Waals surface area contributed by atoms with Gasteiger partial charge in [0.15, 0.2) is 0 Å². The van der Waals surface area contributed by atoms with E-state index in [1.165, 1.54) is 18.2 Å². The molecule has 1 aromatic heterocycles. The maximum atomic E-state index is 14.9. The minimum atomic E-state index is -4.81. The first-order valence-corrected chi connectivity index (χ1v) is 12.5. The average molecular weight is 526 g/mol. The molecule has 1 fully saturated rings. The van der Waals surface area contributed by atoms with E-state index < -0.39 is 6.36 Å². The number of alkyl halides is 3. The molecule has 1 aliphatic rings. The van der Waals surface area contributed by atoms with Crippen molar-refractivity contribution in [3.8, 4) is 16.9 Å². The molecule has 0 atom stereocenters. The summed E-state index contributed by atoms with van der Waals surface area (Å²) in [6.07, 6.45) is -0.755. The van der Waals surface area contributed by atoms with E-state index in [0.29, 0.717) is 18.7 Å². The second-order valence-electron chi connectivity index (χ2n) is 9.44. The number of rotatable bonds is 8. The third-order valence-corrected chi connectivity index (χ3v) is 6.78. The Morgan fingerprint density at radius 1 is 0.974 bits per heavy atom. The van der Waals surface area contributed by atoms with Gasteiger partial charge in [0.1, 0.15) is 11.6 Å². The van der Waals surface area contributed by atoms with Crippen LogP contribution < -0.4 is 4.74 Å². The molecule has 0 aliphatic carbocycles. The normalized spacial score (nSPS) is 14.2. The predicted octanol–water partition coefficient (Wildman–Crippen LogP) is 6.61. The third kappa shape index (κ3) is 6.16. The number of hydrogen-bond acceptors (Lipinski definition) is 3. The van der Waals surface area contributed by atoms with Crippen LogP contribution in [0, 0.1) is 5.82 Å². The number of carbonyl (C=O) groups excluding carboxylic acids is 1. The third-order valence-electron chi connectivity index (χ3n) is 6.78. The summed E-state index contributed by atoms with van der Waals surface area (Å²) in [4.78, 5) is 20.5. The SMILES string of the molecule is O=C(c1ccc(OC(F)(F)F)cc1)N(CCN1CCCC1)Cc1ccc(F)c(-c2ccc3[nH]ccc3c2)c1. The van der Waals surface area contributed by atoms with Crippen LogP contribution in [0.1, 0.15) is 28.8 Å². The van der Waals surface area contributed by atoms with Crippen molar-refractivity contribution in [1.82, 2.24) is 14.8 Å². The summed E-state index contributed by atoms with van der Waals surface area (Å²) >= 11 is 0. The zero-order valence-electron chi connectivity index (χ0n) is 20.6. The van der Waals surface area contributed by atoms with Gasteiger partial charge >= 0.3 is 6.36 Å². The fourth-order valence-electron chi connectivity index (χ4n) is 4.84. The van der Waals surface area contributed by atoms with Gasteiger partial charge in [-0.2, -0.15) is 0 Å². The number of fused-ring (bicyclic) bond motifs is 1. The van der Waals surface area contributed by atoms with Gasteiger partial charge in [0.25, 0.3) is 5.91 Å². The van der Waals surface area contributed by atoms with Crippen molar-refractivity contribution in [3.63, 3.8) is 0 Å². The first kappa shape index (κ1) is 25.8. The van der Waals surface area contributed by atoms with E-state index in [1.54, 1.807) is 17.0 Å². The molecule has 2 heterocycles. The Hall–Kier alpha value is -3.85. The number of ether oxygens (including phenoxy) is 1. The van der Waals surface area contributed by atoms with Crippen molar-refractivity contribution in [2.75, 3.05) is 26.2 Å². The largest absolute Gasteiger partial charge is 0.573 e. The molecule has 0 spiro atoms. The number of halogens is 4. The Labute approximate surface area is 217 Å². The zero-order chi connectivity index (χ0) is 26.7. The molecule has 5 rings (SSSR count). The Bertz CT molecular complexity index is 1410. The molecule has 4 aromatic rings. The molecule has 1 N–H and O–H groups in total. The van der Waals surface area contributed by atoms with E-state index in [4.69, 9.17) is 0 Å². The van der Waals surface area contributed by atoms with Crippen LogP contribution in [0.15, 0.2) is 72.9 Å². The predicted molar refractivity (Wildman–Crippen MR) is 137 cm³/mol. The molecule has 9 heteroatoms. The van der Waals surface area contributed by atoms with Gasteiger partial charge in [-0.3, -0.25) is 4.79 Å². The molecule has 0 radical (unpaired) electrons. The summed E-state index contributed by atoms with van der Waals surface area (Å²) in [7, 11) is 0. The maximum absolute atomic E-state index is 14.9. The van der Waals surface area contributed by atoms with Gasteiger partial charge in [0.05, 0.1) is 0 Å². The van der Waals surface area contributed by atoms with Crippen molar-refractivity contribution in [2.45, 2.75) is 25.7 Å². The summed E-state index contributed by atoms with van der Waals surface area (Å²) in [5.41, 5.74) is 3.12. The van der Waals surface area contributed by atoms with Crippen molar-refractivity contribution < 1.29 is 27.1 Å². The van der Waals surface area contributed by atoms with E-state index in [2.05, 4.69) is 14.6 Å². The first-order valence-electron chi connectivity index (χ1n) is 12.5. The van der Waals surface area contributed by atoms with E-state index in [9.17, 15) is 22.4 Å². The van der Waals surface area contributed by atoms with Gasteiger partial charge in [-0.1, -0.05) is 12.1 Å². The van der Waals surface area contributed by atoms with E-state index in [-0.39, 0.29) is 29.6 Å². The van der Waals surface area contributed by atoms with Gasteiger partial charge < -0.3 is 19.5 Å². The molecule has 1 amide bonds. The van der Waals surface area contributed by atoms with Crippen molar-refractivity contribution in [3.05, 3.63) is 89.9 Å². The summed E-state index contributed by atoms with van der Waals surface area (Å²) < 4.78 is 56.4. The number of hydrogen-bond donors (Lipinski definition) is 1. The van der Waals surface area contributed by atoms with Gasteiger partial charge in [0, 0.05) is 42.5 Å². The lowest BCUT2D eigenvalue weighted by Gasteiger charge is -2.26. The summed E-state index contributed by atoms with van der Waals surface area (Å²) in [6.45, 7) is 3.27. The van der Waals surface area contributed by atoms with Crippen LogP contribution in [0.4, 0.5) is 17.6 Å². The lowest BCUT2D eigenvalue weighted by atomic mass is 10.0. The molecule has 1 aliphatic heterocycles. The highest BCUT2D eigenvalue weighted by Gasteiger charge is 2.31. The molecule has 198 valence electrons. The van der Waals surface area contributed by atoms with Crippen molar-refractivity contribution >= 4 is 16.8 Å². The molecular formula is C29H27F4N3O2. The average Bonchev–Trinajstić information content (AvgIpc) is 3.58. The van der Waals surface area contributed by atoms with Crippen LogP contribution in [0.5, 0.6) is 5.75 Å². The molecule has 0 saturated carbocycles. The standard InChI is InChI=1S/C29H27F4N3O2/c30-26-9-3-20(17-25(26)22-6-10-27-23(18-22)11-12-34-27)19-36(16-15-35-13-1-2-14-35)28(37)21-4-7-24(8-5-21)38-29(31,32)33/h3-12,17-18,34H,1-2,13-16,19H2. The Balaban J connectivity index is 1.39. The second kappa shape index (κ2) is 10.9. The highest BCUT2D eigenvalue weighted by atomic mass is 19.4. The number of aromatic nitrogens is 1. The number of H-pyrrole nitrogens is 1. The van der Waals surface area contributed by atoms with Crippen LogP contribution in [0.2, 0.25) is 0 Å². The Morgan fingerprint density at radius 3 is 2.47 bits per heavy atom. The number of nitrogens with zero attached hydrogens (tertiary/aromatic N) is 2. The quantitative estimate of drug-likeness (QED) is 0.263. The Morgan fingerprint density at radius 2 is 1.74 bits per heavy atom. The maximum Gasteiger partial charge on any atom is 0.573 e. The van der Waals surface area contributed by atoms with E-state index in [0.717, 1.165) is 60.1 Å². The summed E-state index contributed by atoms with van der Waals surface area (Å²) in [6, 6.07) is 17.3. The molecule has 0 unspecified atom stereocenters. The van der Waals surface area contributed by atoms with Crippen LogP contribution in [0.3, 0.4) is 0 Å². The van der Waals surface area contributed by atoms with Gasteiger partial charge in [-0.25, -0.2) is 4.39 Å². The molecule has 38 heavy (non-hydrogen) atoms. The molecular weight excluding hydrogens is 498 g/mol. The van der Waals surface area contributed by atoms with Crippen molar-refractivity contribution in [2.24, 2.45) is 0 Å². The minimum absolute atomic E-state index is 0.229. The minimum Gasteiger partial charge on any atom is -0.406 e. The molecule has 5 nitrogen and oxygen atoms in total. The second-order valence-corrected chi connectivity index (χ2v) is 9.44. The van der Waals surface area contributed by atoms with Crippen LogP contribution >= 0.6 is 0 Å². The molecule has 3 aromatic carbocycles. The number of carbonyl (C=O) groups is 1. The fourth-order valence-corrected chi connectivity index (χ4v) is 4.84. The number of nitrogens with one attached hydrogen (secondary N) is 1.